The van der Waals surface area contributed by atoms with Gasteiger partial charge in [0.05, 0.1) is 6.42 Å². The molecule has 0 atom stereocenters. The second-order valence-electron chi connectivity index (χ2n) is 6.46. The van der Waals surface area contributed by atoms with E-state index in [1.54, 1.807) is 12.4 Å². The number of aromatic nitrogens is 3. The zero-order chi connectivity index (χ0) is 17.2. The molecule has 3 heterocycles. The molecule has 6 nitrogen and oxygen atoms in total. The fraction of sp³-hybridized carbons (Fsp3) is 0.316. The van der Waals surface area contributed by atoms with Crippen LogP contribution in [0.2, 0.25) is 0 Å². The normalized spacial score (nSPS) is 14.9. The summed E-state index contributed by atoms with van der Waals surface area (Å²) in [5.41, 5.74) is 3.37. The zero-order valence-electron chi connectivity index (χ0n) is 14.3. The fourth-order valence-corrected chi connectivity index (χ4v) is 3.33. The maximum Gasteiger partial charge on any atom is 0.227 e. The first-order chi connectivity index (χ1) is 12.2. The standard InChI is InChI=1S/C19H21N5O/c1-14-3-4-16-15(13-22-17(16)11-14)12-18(25)23-7-9-24(10-8-23)19-20-5-2-6-21-19/h2-6,11,13,22H,7-10,12H2,1H3. The number of benzene rings is 1. The van der Waals surface area contributed by atoms with Crippen molar-refractivity contribution in [2.45, 2.75) is 13.3 Å². The van der Waals surface area contributed by atoms with Crippen molar-refractivity contribution in [3.8, 4) is 0 Å². The number of fused-ring (bicyclic) bond motifs is 1. The van der Waals surface area contributed by atoms with Crippen molar-refractivity contribution in [1.29, 1.82) is 0 Å². The number of aromatic amines is 1. The van der Waals surface area contributed by atoms with Gasteiger partial charge in [0.2, 0.25) is 11.9 Å². The lowest BCUT2D eigenvalue weighted by atomic mass is 10.1. The first-order valence-electron chi connectivity index (χ1n) is 8.57. The number of H-pyrrole nitrogens is 1. The van der Waals surface area contributed by atoms with Crippen molar-refractivity contribution < 1.29 is 4.79 Å². The first kappa shape index (κ1) is 15.6. The molecule has 25 heavy (non-hydrogen) atoms. The lowest BCUT2D eigenvalue weighted by molar-refractivity contribution is -0.130. The van der Waals surface area contributed by atoms with E-state index < -0.39 is 0 Å². The monoisotopic (exact) mass is 335 g/mol. The van der Waals surface area contributed by atoms with Crippen molar-refractivity contribution in [2.75, 3.05) is 31.1 Å². The SMILES string of the molecule is Cc1ccc2c(CC(=O)N3CCN(c4ncccn4)CC3)c[nH]c2c1. The Hall–Kier alpha value is -2.89. The highest BCUT2D eigenvalue weighted by Crippen LogP contribution is 2.21. The molecule has 1 saturated heterocycles. The highest BCUT2D eigenvalue weighted by molar-refractivity contribution is 5.89. The van der Waals surface area contributed by atoms with Crippen LogP contribution in [0.3, 0.4) is 0 Å². The van der Waals surface area contributed by atoms with Gasteiger partial charge in [-0.15, -0.1) is 0 Å². The predicted octanol–water partition coefficient (Wildman–Crippen LogP) is 2.16. The van der Waals surface area contributed by atoms with E-state index in [0.29, 0.717) is 19.5 Å². The first-order valence-corrected chi connectivity index (χ1v) is 8.57. The minimum atomic E-state index is 0.176. The van der Waals surface area contributed by atoms with Crippen LogP contribution in [-0.4, -0.2) is 51.9 Å². The largest absolute Gasteiger partial charge is 0.361 e. The van der Waals surface area contributed by atoms with E-state index in [1.165, 1.54) is 5.56 Å². The summed E-state index contributed by atoms with van der Waals surface area (Å²) in [6, 6.07) is 8.10. The van der Waals surface area contributed by atoms with E-state index >= 15 is 0 Å². The van der Waals surface area contributed by atoms with Crippen LogP contribution < -0.4 is 4.90 Å². The van der Waals surface area contributed by atoms with Gasteiger partial charge in [0, 0.05) is 55.7 Å². The molecule has 1 aliphatic heterocycles. The topological polar surface area (TPSA) is 65.1 Å². The predicted molar refractivity (Wildman–Crippen MR) is 97.6 cm³/mol. The molecule has 128 valence electrons. The molecule has 1 fully saturated rings. The van der Waals surface area contributed by atoms with Crippen molar-refractivity contribution in [3.63, 3.8) is 0 Å². The Balaban J connectivity index is 1.40. The Labute approximate surface area is 146 Å². The number of anilines is 1. The van der Waals surface area contributed by atoms with E-state index in [0.717, 1.165) is 35.5 Å². The van der Waals surface area contributed by atoms with Crippen molar-refractivity contribution in [1.82, 2.24) is 19.9 Å². The summed E-state index contributed by atoms with van der Waals surface area (Å²) in [4.78, 5) is 28.6. The average molecular weight is 335 g/mol. The minimum Gasteiger partial charge on any atom is -0.361 e. The quantitative estimate of drug-likeness (QED) is 0.797. The molecular weight excluding hydrogens is 314 g/mol. The summed E-state index contributed by atoms with van der Waals surface area (Å²) < 4.78 is 0. The number of hydrogen-bond acceptors (Lipinski definition) is 4. The van der Waals surface area contributed by atoms with Gasteiger partial charge in [-0.25, -0.2) is 9.97 Å². The summed E-state index contributed by atoms with van der Waals surface area (Å²) in [6.45, 7) is 5.02. The van der Waals surface area contributed by atoms with Crippen LogP contribution in [0.15, 0.2) is 42.9 Å². The molecule has 1 amide bonds. The summed E-state index contributed by atoms with van der Waals surface area (Å²) in [5, 5.41) is 1.13. The van der Waals surface area contributed by atoms with Gasteiger partial charge in [-0.3, -0.25) is 4.79 Å². The molecule has 6 heteroatoms. The van der Waals surface area contributed by atoms with Gasteiger partial charge in [0.15, 0.2) is 0 Å². The van der Waals surface area contributed by atoms with Crippen molar-refractivity contribution in [3.05, 3.63) is 54.0 Å². The van der Waals surface area contributed by atoms with Gasteiger partial charge >= 0.3 is 0 Å². The molecule has 1 aromatic carbocycles. The maximum atomic E-state index is 12.7. The Morgan fingerprint density at radius 2 is 1.92 bits per heavy atom. The van der Waals surface area contributed by atoms with Gasteiger partial charge in [0.25, 0.3) is 0 Å². The number of nitrogens with one attached hydrogen (secondary N) is 1. The molecule has 1 N–H and O–H groups in total. The van der Waals surface area contributed by atoms with Crippen molar-refractivity contribution in [2.24, 2.45) is 0 Å². The van der Waals surface area contributed by atoms with Crippen LogP contribution in [0.4, 0.5) is 5.95 Å². The number of nitrogens with zero attached hydrogens (tertiary/aromatic N) is 4. The lowest BCUT2D eigenvalue weighted by Gasteiger charge is -2.34. The highest BCUT2D eigenvalue weighted by atomic mass is 16.2. The molecule has 0 aliphatic carbocycles. The van der Waals surface area contributed by atoms with Gasteiger partial charge in [0.1, 0.15) is 0 Å². The maximum absolute atomic E-state index is 12.7. The molecule has 0 saturated carbocycles. The second-order valence-corrected chi connectivity index (χ2v) is 6.46. The van der Waals surface area contributed by atoms with E-state index in [9.17, 15) is 4.79 Å². The van der Waals surface area contributed by atoms with Crippen LogP contribution >= 0.6 is 0 Å². The molecule has 0 bridgehead atoms. The summed E-state index contributed by atoms with van der Waals surface area (Å²) >= 11 is 0. The fourth-order valence-electron chi connectivity index (χ4n) is 3.33. The third-order valence-corrected chi connectivity index (χ3v) is 4.73. The van der Waals surface area contributed by atoms with Crippen LogP contribution in [0.5, 0.6) is 0 Å². The number of carbonyl (C=O) groups excluding carboxylic acids is 1. The van der Waals surface area contributed by atoms with E-state index in [2.05, 4.69) is 45.0 Å². The van der Waals surface area contributed by atoms with Gasteiger partial charge < -0.3 is 14.8 Å². The van der Waals surface area contributed by atoms with E-state index in [-0.39, 0.29) is 5.91 Å². The van der Waals surface area contributed by atoms with Crippen LogP contribution in [-0.2, 0) is 11.2 Å². The van der Waals surface area contributed by atoms with Crippen LogP contribution in [0.25, 0.3) is 10.9 Å². The van der Waals surface area contributed by atoms with Gasteiger partial charge in [-0.2, -0.15) is 0 Å². The number of piperazine rings is 1. The molecule has 2 aromatic heterocycles. The third kappa shape index (κ3) is 3.20. The minimum absolute atomic E-state index is 0.176. The van der Waals surface area contributed by atoms with Crippen LogP contribution in [0.1, 0.15) is 11.1 Å². The molecule has 1 aliphatic rings. The van der Waals surface area contributed by atoms with E-state index in [1.807, 2.05) is 17.2 Å². The lowest BCUT2D eigenvalue weighted by Crippen LogP contribution is -2.49. The number of amides is 1. The van der Waals surface area contributed by atoms with Crippen LogP contribution in [0, 0.1) is 6.92 Å². The number of aryl methyl sites for hydroxylation is 1. The van der Waals surface area contributed by atoms with Crippen molar-refractivity contribution >= 4 is 22.8 Å². The summed E-state index contributed by atoms with van der Waals surface area (Å²) in [7, 11) is 0. The molecule has 0 spiro atoms. The Kier molecular flexibility index (Phi) is 4.09. The second kappa shape index (κ2) is 6.55. The number of carbonyl (C=O) groups is 1. The van der Waals surface area contributed by atoms with Gasteiger partial charge in [-0.05, 0) is 30.2 Å². The molecule has 3 aromatic rings. The summed E-state index contributed by atoms with van der Waals surface area (Å²) in [6.07, 6.45) is 5.89. The Morgan fingerprint density at radius 3 is 2.68 bits per heavy atom. The van der Waals surface area contributed by atoms with E-state index in [4.69, 9.17) is 0 Å². The molecule has 0 unspecified atom stereocenters. The molecule has 0 radical (unpaired) electrons. The Bertz CT molecular complexity index is 881. The molecular formula is C19H21N5O. The third-order valence-electron chi connectivity index (χ3n) is 4.73. The number of rotatable bonds is 3. The summed E-state index contributed by atoms with van der Waals surface area (Å²) in [5.74, 6) is 0.914. The van der Waals surface area contributed by atoms with Gasteiger partial charge in [-0.1, -0.05) is 12.1 Å². The highest BCUT2D eigenvalue weighted by Gasteiger charge is 2.23. The number of hydrogen-bond donors (Lipinski definition) is 1. The average Bonchev–Trinajstić information content (AvgIpc) is 3.04. The Morgan fingerprint density at radius 1 is 1.16 bits per heavy atom. The smallest absolute Gasteiger partial charge is 0.227 e. The molecule has 4 rings (SSSR count). The zero-order valence-corrected chi connectivity index (χ0v) is 14.3.